The van der Waals surface area contributed by atoms with Crippen molar-refractivity contribution in [1.29, 1.82) is 0 Å². The van der Waals surface area contributed by atoms with Crippen molar-refractivity contribution in [1.82, 2.24) is 10.2 Å². The summed E-state index contributed by atoms with van der Waals surface area (Å²) in [6.07, 6.45) is 0.499. The zero-order valence-electron chi connectivity index (χ0n) is 12.7. The molecule has 2 rings (SSSR count). The highest BCUT2D eigenvalue weighted by Gasteiger charge is 2.43. The van der Waals surface area contributed by atoms with Crippen LogP contribution in [0.5, 0.6) is 0 Å². The molecule has 0 bridgehead atoms. The van der Waals surface area contributed by atoms with Crippen molar-refractivity contribution in [2.24, 2.45) is 0 Å². The minimum absolute atomic E-state index is 0.176. The maximum absolute atomic E-state index is 12.5. The van der Waals surface area contributed by atoms with E-state index in [1.165, 1.54) is 6.92 Å². The molecular weight excluding hydrogens is 268 g/mol. The van der Waals surface area contributed by atoms with Crippen molar-refractivity contribution in [3.63, 3.8) is 0 Å². The van der Waals surface area contributed by atoms with Crippen LogP contribution in [0.15, 0.2) is 30.3 Å². The molecule has 0 aliphatic carbocycles. The number of nitrogens with zero attached hydrogens (tertiary/aromatic N) is 1. The van der Waals surface area contributed by atoms with Crippen LogP contribution in [0, 0.1) is 0 Å². The van der Waals surface area contributed by atoms with E-state index in [9.17, 15) is 14.7 Å². The molecule has 5 heteroatoms. The number of rotatable bonds is 3. The summed E-state index contributed by atoms with van der Waals surface area (Å²) in [5, 5.41) is 13.4. The van der Waals surface area contributed by atoms with Crippen LogP contribution in [0.2, 0.25) is 0 Å². The molecule has 2 N–H and O–H groups in total. The van der Waals surface area contributed by atoms with Crippen molar-refractivity contribution >= 4 is 11.8 Å². The molecule has 1 fully saturated rings. The van der Waals surface area contributed by atoms with Gasteiger partial charge in [-0.05, 0) is 25.8 Å². The molecule has 1 atom stereocenters. The first-order chi connectivity index (χ1) is 9.74. The van der Waals surface area contributed by atoms with Crippen LogP contribution in [0.25, 0.3) is 0 Å². The molecule has 1 aromatic carbocycles. The van der Waals surface area contributed by atoms with Gasteiger partial charge in [0.1, 0.15) is 11.1 Å². The van der Waals surface area contributed by atoms with Crippen LogP contribution in [0.1, 0.15) is 32.8 Å². The summed E-state index contributed by atoms with van der Waals surface area (Å²) in [4.78, 5) is 25.3. The molecule has 1 aliphatic rings. The Kier molecular flexibility index (Phi) is 4.05. The number of aliphatic hydroxyl groups is 1. The van der Waals surface area contributed by atoms with Gasteiger partial charge in [0.2, 0.25) is 11.8 Å². The first-order valence-electron chi connectivity index (χ1n) is 7.11. The lowest BCUT2D eigenvalue weighted by molar-refractivity contribution is -0.140. The SMILES string of the molecule is CC(=O)NC(C)(C)C(=O)N1CCC(O)(c2ccccc2)C1. The summed E-state index contributed by atoms with van der Waals surface area (Å²) in [5.41, 5.74) is -1.16. The number of carbonyl (C=O) groups excluding carboxylic acids is 2. The van der Waals surface area contributed by atoms with Crippen LogP contribution >= 0.6 is 0 Å². The molecule has 0 aromatic heterocycles. The van der Waals surface area contributed by atoms with Crippen LogP contribution in [-0.2, 0) is 15.2 Å². The predicted molar refractivity (Wildman–Crippen MR) is 79.4 cm³/mol. The molecule has 2 amide bonds. The molecule has 1 aliphatic heterocycles. The van der Waals surface area contributed by atoms with Gasteiger partial charge in [-0.2, -0.15) is 0 Å². The number of amides is 2. The molecule has 0 radical (unpaired) electrons. The standard InChI is InChI=1S/C16H22N2O3/c1-12(19)17-15(2,3)14(20)18-10-9-16(21,11-18)13-7-5-4-6-8-13/h4-8,21H,9-11H2,1-3H3,(H,17,19). The summed E-state index contributed by atoms with van der Waals surface area (Å²) in [6, 6.07) is 9.38. The highest BCUT2D eigenvalue weighted by molar-refractivity contribution is 5.90. The number of hydrogen-bond acceptors (Lipinski definition) is 3. The lowest BCUT2D eigenvalue weighted by atomic mass is 9.93. The van der Waals surface area contributed by atoms with Gasteiger partial charge in [-0.3, -0.25) is 9.59 Å². The summed E-state index contributed by atoms with van der Waals surface area (Å²) >= 11 is 0. The zero-order valence-corrected chi connectivity index (χ0v) is 12.7. The Labute approximate surface area is 125 Å². The number of hydrogen-bond donors (Lipinski definition) is 2. The lowest BCUT2D eigenvalue weighted by Gasteiger charge is -2.31. The monoisotopic (exact) mass is 290 g/mol. The van der Waals surface area contributed by atoms with Crippen molar-refractivity contribution in [3.8, 4) is 0 Å². The average molecular weight is 290 g/mol. The third-order valence-corrected chi connectivity index (χ3v) is 3.87. The fourth-order valence-electron chi connectivity index (χ4n) is 2.84. The minimum atomic E-state index is -1.01. The minimum Gasteiger partial charge on any atom is -0.383 e. The second-order valence-electron chi connectivity index (χ2n) is 6.18. The van der Waals surface area contributed by atoms with Crippen molar-refractivity contribution in [3.05, 3.63) is 35.9 Å². The van der Waals surface area contributed by atoms with Gasteiger partial charge in [0.05, 0.1) is 6.54 Å². The number of carbonyl (C=O) groups is 2. The normalized spacial score (nSPS) is 22.2. The fourth-order valence-corrected chi connectivity index (χ4v) is 2.84. The quantitative estimate of drug-likeness (QED) is 0.873. The molecule has 0 spiro atoms. The summed E-state index contributed by atoms with van der Waals surface area (Å²) in [6.45, 7) is 5.47. The number of β-amino-alcohol motifs (C(OH)–C–C–N with tert-alkyl or cyclic N) is 1. The van der Waals surface area contributed by atoms with Crippen molar-refractivity contribution < 1.29 is 14.7 Å². The van der Waals surface area contributed by atoms with Gasteiger partial charge in [-0.1, -0.05) is 30.3 Å². The second-order valence-corrected chi connectivity index (χ2v) is 6.18. The Morgan fingerprint density at radius 2 is 1.90 bits per heavy atom. The van der Waals surface area contributed by atoms with E-state index in [0.29, 0.717) is 13.0 Å². The van der Waals surface area contributed by atoms with Crippen molar-refractivity contribution in [2.75, 3.05) is 13.1 Å². The van der Waals surface area contributed by atoms with E-state index in [-0.39, 0.29) is 18.4 Å². The Morgan fingerprint density at radius 3 is 2.48 bits per heavy atom. The van der Waals surface area contributed by atoms with Crippen LogP contribution in [-0.4, -0.2) is 40.4 Å². The van der Waals surface area contributed by atoms with Crippen LogP contribution in [0.3, 0.4) is 0 Å². The van der Waals surface area contributed by atoms with E-state index in [1.807, 2.05) is 30.3 Å². The molecule has 1 saturated heterocycles. The van der Waals surface area contributed by atoms with E-state index in [1.54, 1.807) is 18.7 Å². The summed E-state index contributed by atoms with van der Waals surface area (Å²) < 4.78 is 0. The van der Waals surface area contributed by atoms with Gasteiger partial charge < -0.3 is 15.3 Å². The van der Waals surface area contributed by atoms with E-state index in [0.717, 1.165) is 5.56 Å². The van der Waals surface area contributed by atoms with E-state index in [2.05, 4.69) is 5.32 Å². The smallest absolute Gasteiger partial charge is 0.247 e. The first-order valence-corrected chi connectivity index (χ1v) is 7.11. The third-order valence-electron chi connectivity index (χ3n) is 3.87. The van der Waals surface area contributed by atoms with Crippen LogP contribution < -0.4 is 5.32 Å². The fraction of sp³-hybridized carbons (Fsp3) is 0.500. The molecule has 5 nitrogen and oxygen atoms in total. The second kappa shape index (κ2) is 5.48. The number of likely N-dealkylation sites (tertiary alicyclic amines) is 1. The number of benzene rings is 1. The van der Waals surface area contributed by atoms with Gasteiger partial charge in [0.15, 0.2) is 0 Å². The van der Waals surface area contributed by atoms with Gasteiger partial charge in [-0.25, -0.2) is 0 Å². The molecule has 1 aromatic rings. The predicted octanol–water partition coefficient (Wildman–Crippen LogP) is 1.02. The van der Waals surface area contributed by atoms with Gasteiger partial charge >= 0.3 is 0 Å². The Hall–Kier alpha value is -1.88. The molecule has 114 valence electrons. The van der Waals surface area contributed by atoms with E-state index in [4.69, 9.17) is 0 Å². The highest BCUT2D eigenvalue weighted by atomic mass is 16.3. The lowest BCUT2D eigenvalue weighted by Crippen LogP contribution is -2.55. The van der Waals surface area contributed by atoms with E-state index < -0.39 is 11.1 Å². The van der Waals surface area contributed by atoms with Crippen LogP contribution in [0.4, 0.5) is 0 Å². The molecule has 21 heavy (non-hydrogen) atoms. The first kappa shape index (κ1) is 15.5. The topological polar surface area (TPSA) is 69.6 Å². The maximum atomic E-state index is 12.5. The Morgan fingerprint density at radius 1 is 1.29 bits per heavy atom. The average Bonchev–Trinajstić information content (AvgIpc) is 2.81. The van der Waals surface area contributed by atoms with Crippen molar-refractivity contribution in [2.45, 2.75) is 38.3 Å². The van der Waals surface area contributed by atoms with Gasteiger partial charge in [0.25, 0.3) is 0 Å². The summed E-state index contributed by atoms with van der Waals surface area (Å²) in [7, 11) is 0. The maximum Gasteiger partial charge on any atom is 0.247 e. The van der Waals surface area contributed by atoms with Gasteiger partial charge in [-0.15, -0.1) is 0 Å². The van der Waals surface area contributed by atoms with Gasteiger partial charge in [0, 0.05) is 13.5 Å². The molecule has 0 saturated carbocycles. The molecular formula is C16H22N2O3. The zero-order chi connectivity index (χ0) is 15.7. The highest BCUT2D eigenvalue weighted by Crippen LogP contribution is 2.32. The van der Waals surface area contributed by atoms with E-state index >= 15 is 0 Å². The molecule has 1 heterocycles. The Balaban J connectivity index is 2.12. The summed E-state index contributed by atoms with van der Waals surface area (Å²) in [5.74, 6) is -0.421. The number of nitrogens with one attached hydrogen (secondary N) is 1. The Bertz CT molecular complexity index is 542. The third kappa shape index (κ3) is 3.24. The molecule has 1 unspecified atom stereocenters. The largest absolute Gasteiger partial charge is 0.383 e.